The summed E-state index contributed by atoms with van der Waals surface area (Å²) in [7, 11) is 1.80. The molecule has 1 fully saturated rings. The topological polar surface area (TPSA) is 68.2 Å². The molecule has 6 heteroatoms. The first-order valence-corrected chi connectivity index (χ1v) is 5.21. The van der Waals surface area contributed by atoms with Gasteiger partial charge < -0.3 is 15.4 Å². The molecule has 0 spiro atoms. The van der Waals surface area contributed by atoms with Gasteiger partial charge in [-0.15, -0.1) is 0 Å². The van der Waals surface area contributed by atoms with Gasteiger partial charge in [-0.3, -0.25) is 9.48 Å². The Morgan fingerprint density at radius 3 is 3.00 bits per heavy atom. The van der Waals surface area contributed by atoms with Gasteiger partial charge in [0.15, 0.2) is 0 Å². The summed E-state index contributed by atoms with van der Waals surface area (Å²) in [5, 5.41) is 9.78. The van der Waals surface area contributed by atoms with Crippen LogP contribution in [0.15, 0.2) is 12.4 Å². The Kier molecular flexibility index (Phi) is 2.93. The van der Waals surface area contributed by atoms with Gasteiger partial charge in [0.2, 0.25) is 5.91 Å². The van der Waals surface area contributed by atoms with Crippen LogP contribution in [0.3, 0.4) is 0 Å². The third-order valence-electron chi connectivity index (χ3n) is 2.54. The number of aromatic nitrogens is 2. The second-order valence-corrected chi connectivity index (χ2v) is 4.29. The van der Waals surface area contributed by atoms with Crippen molar-refractivity contribution in [3.63, 3.8) is 0 Å². The molecule has 88 valence electrons. The summed E-state index contributed by atoms with van der Waals surface area (Å²) in [6.45, 7) is 3.66. The van der Waals surface area contributed by atoms with Crippen molar-refractivity contribution in [2.24, 2.45) is 7.05 Å². The summed E-state index contributed by atoms with van der Waals surface area (Å²) in [5.41, 5.74) is 0.500. The van der Waals surface area contributed by atoms with E-state index in [1.165, 1.54) is 0 Å². The lowest BCUT2D eigenvalue weighted by Gasteiger charge is -2.38. The maximum Gasteiger partial charge on any atom is 0.250 e. The van der Waals surface area contributed by atoms with Gasteiger partial charge >= 0.3 is 0 Å². The zero-order chi connectivity index (χ0) is 11.6. The highest BCUT2D eigenvalue weighted by atomic mass is 16.5. The van der Waals surface area contributed by atoms with Crippen molar-refractivity contribution in [2.75, 3.05) is 25.0 Å². The molecule has 0 atom stereocenters. The summed E-state index contributed by atoms with van der Waals surface area (Å²) in [5.74, 6) is -0.152. The van der Waals surface area contributed by atoms with Crippen LogP contribution in [0.1, 0.15) is 6.92 Å². The Bertz CT molecular complexity index is 384. The number of hydrogen-bond donors (Lipinski definition) is 2. The van der Waals surface area contributed by atoms with E-state index in [9.17, 15) is 4.79 Å². The van der Waals surface area contributed by atoms with Crippen LogP contribution in [0.5, 0.6) is 0 Å². The molecule has 0 aromatic carbocycles. The fourth-order valence-corrected chi connectivity index (χ4v) is 1.50. The Balaban J connectivity index is 1.76. The molecule has 0 bridgehead atoms. The van der Waals surface area contributed by atoms with Crippen molar-refractivity contribution < 1.29 is 9.53 Å². The van der Waals surface area contributed by atoms with Crippen molar-refractivity contribution in [2.45, 2.75) is 12.5 Å². The van der Waals surface area contributed by atoms with E-state index in [1.54, 1.807) is 24.1 Å². The van der Waals surface area contributed by atoms with E-state index in [4.69, 9.17) is 4.74 Å². The minimum Gasteiger partial charge on any atom is -0.363 e. The Hall–Kier alpha value is -1.40. The molecule has 0 saturated carbocycles. The lowest BCUT2D eigenvalue weighted by Crippen LogP contribution is -2.59. The minimum atomic E-state index is -0.188. The second-order valence-electron chi connectivity index (χ2n) is 4.29. The monoisotopic (exact) mass is 224 g/mol. The van der Waals surface area contributed by atoms with Gasteiger partial charge in [-0.1, -0.05) is 0 Å². The predicted octanol–water partition coefficient (Wildman–Crippen LogP) is -0.263. The average Bonchev–Trinajstić information content (AvgIpc) is 2.58. The van der Waals surface area contributed by atoms with Gasteiger partial charge in [0, 0.05) is 26.3 Å². The standard InChI is InChI=1S/C10H16N4O2/c1-10(6-11-7-10)16-5-9(15)13-8-3-12-14(2)4-8/h3-4,11H,5-7H2,1-2H3,(H,13,15). The Labute approximate surface area is 94.0 Å². The van der Waals surface area contributed by atoms with E-state index in [-0.39, 0.29) is 18.1 Å². The van der Waals surface area contributed by atoms with E-state index in [0.29, 0.717) is 5.69 Å². The van der Waals surface area contributed by atoms with Gasteiger partial charge in [-0.2, -0.15) is 5.10 Å². The SMILES string of the molecule is Cn1cc(NC(=O)COC2(C)CNC2)cn1. The maximum absolute atomic E-state index is 11.5. The van der Waals surface area contributed by atoms with Crippen LogP contribution in [-0.4, -0.2) is 41.0 Å². The molecule has 0 unspecified atom stereocenters. The molecule has 0 aliphatic carbocycles. The number of ether oxygens (including phenoxy) is 1. The average molecular weight is 224 g/mol. The molecule has 1 aromatic rings. The molecule has 6 nitrogen and oxygen atoms in total. The van der Waals surface area contributed by atoms with Crippen molar-refractivity contribution in [3.8, 4) is 0 Å². The molecule has 2 N–H and O–H groups in total. The van der Waals surface area contributed by atoms with E-state index in [2.05, 4.69) is 15.7 Å². The predicted molar refractivity (Wildman–Crippen MR) is 59.1 cm³/mol. The number of aryl methyl sites for hydroxylation is 1. The first-order valence-electron chi connectivity index (χ1n) is 5.21. The summed E-state index contributed by atoms with van der Waals surface area (Å²) in [6.07, 6.45) is 3.34. The van der Waals surface area contributed by atoms with Crippen LogP contribution in [-0.2, 0) is 16.6 Å². The van der Waals surface area contributed by atoms with Crippen LogP contribution < -0.4 is 10.6 Å². The number of carbonyl (C=O) groups is 1. The minimum absolute atomic E-state index is 0.0765. The lowest BCUT2D eigenvalue weighted by molar-refractivity contribution is -0.130. The van der Waals surface area contributed by atoms with Crippen molar-refractivity contribution in [1.29, 1.82) is 0 Å². The summed E-state index contributed by atoms with van der Waals surface area (Å²) < 4.78 is 7.14. The van der Waals surface area contributed by atoms with Crippen LogP contribution in [0.4, 0.5) is 5.69 Å². The number of nitrogens with zero attached hydrogens (tertiary/aromatic N) is 2. The highest BCUT2D eigenvalue weighted by Crippen LogP contribution is 2.15. The molecule has 2 heterocycles. The number of carbonyl (C=O) groups excluding carboxylic acids is 1. The molecule has 2 rings (SSSR count). The number of anilines is 1. The van der Waals surface area contributed by atoms with E-state index >= 15 is 0 Å². The van der Waals surface area contributed by atoms with Crippen LogP contribution in [0.2, 0.25) is 0 Å². The van der Waals surface area contributed by atoms with Gasteiger partial charge in [0.25, 0.3) is 0 Å². The highest BCUT2D eigenvalue weighted by Gasteiger charge is 2.32. The highest BCUT2D eigenvalue weighted by molar-refractivity contribution is 5.91. The molecule has 1 aromatic heterocycles. The first-order chi connectivity index (χ1) is 7.57. The molecular formula is C10H16N4O2. The quantitative estimate of drug-likeness (QED) is 0.739. The summed E-state index contributed by atoms with van der Waals surface area (Å²) in [4.78, 5) is 11.5. The van der Waals surface area contributed by atoms with Crippen molar-refractivity contribution >= 4 is 11.6 Å². The largest absolute Gasteiger partial charge is 0.363 e. The van der Waals surface area contributed by atoms with Crippen LogP contribution >= 0.6 is 0 Å². The molecule has 1 aliphatic heterocycles. The third kappa shape index (κ3) is 2.59. The molecule has 1 aliphatic rings. The van der Waals surface area contributed by atoms with E-state index < -0.39 is 0 Å². The smallest absolute Gasteiger partial charge is 0.250 e. The number of nitrogens with one attached hydrogen (secondary N) is 2. The summed E-state index contributed by atoms with van der Waals surface area (Å²) >= 11 is 0. The molecule has 1 amide bonds. The summed E-state index contributed by atoms with van der Waals surface area (Å²) in [6, 6.07) is 0. The second kappa shape index (κ2) is 4.23. The van der Waals surface area contributed by atoms with Crippen molar-refractivity contribution in [1.82, 2.24) is 15.1 Å². The fourth-order valence-electron chi connectivity index (χ4n) is 1.50. The Morgan fingerprint density at radius 2 is 2.50 bits per heavy atom. The van der Waals surface area contributed by atoms with Gasteiger partial charge in [-0.05, 0) is 6.92 Å². The van der Waals surface area contributed by atoms with Gasteiger partial charge in [0.1, 0.15) is 6.61 Å². The van der Waals surface area contributed by atoms with Crippen molar-refractivity contribution in [3.05, 3.63) is 12.4 Å². The van der Waals surface area contributed by atoms with E-state index in [1.807, 2.05) is 6.92 Å². The van der Waals surface area contributed by atoms with E-state index in [0.717, 1.165) is 13.1 Å². The normalized spacial score (nSPS) is 17.9. The van der Waals surface area contributed by atoms with Gasteiger partial charge in [0.05, 0.1) is 17.5 Å². The number of rotatable bonds is 4. The molecular weight excluding hydrogens is 208 g/mol. The first kappa shape index (κ1) is 11.1. The lowest BCUT2D eigenvalue weighted by atomic mass is 10.0. The number of hydrogen-bond acceptors (Lipinski definition) is 4. The molecule has 0 radical (unpaired) electrons. The number of amides is 1. The third-order valence-corrected chi connectivity index (χ3v) is 2.54. The van der Waals surface area contributed by atoms with Crippen LogP contribution in [0.25, 0.3) is 0 Å². The van der Waals surface area contributed by atoms with Crippen LogP contribution in [0, 0.1) is 0 Å². The zero-order valence-corrected chi connectivity index (χ0v) is 9.49. The molecule has 1 saturated heterocycles. The zero-order valence-electron chi connectivity index (χ0n) is 9.49. The maximum atomic E-state index is 11.5. The van der Waals surface area contributed by atoms with Gasteiger partial charge in [-0.25, -0.2) is 0 Å². The molecule has 16 heavy (non-hydrogen) atoms. The Morgan fingerprint density at radius 1 is 1.75 bits per heavy atom. The fraction of sp³-hybridized carbons (Fsp3) is 0.600.